The topological polar surface area (TPSA) is 27.1 Å². The van der Waals surface area contributed by atoms with Gasteiger partial charge in [0.2, 0.25) is 0 Å². The quantitative estimate of drug-likeness (QED) is 0.452. The molecule has 132 valence electrons. The molecule has 4 rings (SSSR count). The largest absolute Gasteiger partial charge is 0.497 e. The second kappa shape index (κ2) is 7.75. The van der Waals surface area contributed by atoms with Gasteiger partial charge < -0.3 is 9.30 Å². The van der Waals surface area contributed by atoms with Gasteiger partial charge >= 0.3 is 0 Å². The molecule has 0 saturated heterocycles. The van der Waals surface area contributed by atoms with Crippen LogP contribution in [0.3, 0.4) is 0 Å². The van der Waals surface area contributed by atoms with Gasteiger partial charge in [-0.1, -0.05) is 72.8 Å². The van der Waals surface area contributed by atoms with Gasteiger partial charge in [0.05, 0.1) is 19.1 Å². The predicted molar refractivity (Wildman–Crippen MR) is 109 cm³/mol. The number of hydrogen-bond acceptors (Lipinski definition) is 2. The van der Waals surface area contributed by atoms with E-state index in [1.54, 1.807) is 13.3 Å². The van der Waals surface area contributed by atoms with Gasteiger partial charge in [-0.2, -0.15) is 0 Å². The molecule has 0 bridgehead atoms. The fraction of sp³-hybridized carbons (Fsp3) is 0.0417. The third-order valence-corrected chi connectivity index (χ3v) is 4.49. The van der Waals surface area contributed by atoms with Crippen LogP contribution in [-0.4, -0.2) is 16.7 Å². The molecule has 0 aliphatic carbocycles. The molecule has 3 heteroatoms. The molecule has 0 aliphatic rings. The molecule has 0 atom stereocenters. The van der Waals surface area contributed by atoms with E-state index in [4.69, 9.17) is 4.74 Å². The lowest BCUT2D eigenvalue weighted by molar-refractivity contribution is 0.415. The van der Waals surface area contributed by atoms with Crippen molar-refractivity contribution in [2.45, 2.75) is 0 Å². The monoisotopic (exact) mass is 352 g/mol. The van der Waals surface area contributed by atoms with Crippen LogP contribution in [0.1, 0.15) is 16.7 Å². The average molecular weight is 352 g/mol. The van der Waals surface area contributed by atoms with E-state index in [1.807, 2.05) is 36.8 Å². The molecule has 0 fully saturated rings. The Kier molecular flexibility index (Phi) is 4.84. The van der Waals surface area contributed by atoms with Gasteiger partial charge in [0.1, 0.15) is 5.75 Å². The maximum Gasteiger partial charge on any atom is 0.118 e. The first-order valence-electron chi connectivity index (χ1n) is 8.84. The number of methoxy groups -OCH3 is 1. The number of hydrogen-bond donors (Lipinski definition) is 0. The van der Waals surface area contributed by atoms with Crippen molar-refractivity contribution in [3.63, 3.8) is 0 Å². The van der Waals surface area contributed by atoms with Crippen LogP contribution in [0.15, 0.2) is 104 Å². The van der Waals surface area contributed by atoms with Gasteiger partial charge in [-0.05, 0) is 28.8 Å². The Balaban J connectivity index is 2.04. The second-order valence-corrected chi connectivity index (χ2v) is 6.15. The summed E-state index contributed by atoms with van der Waals surface area (Å²) in [7, 11) is 1.68. The van der Waals surface area contributed by atoms with Crippen LogP contribution in [0.25, 0.3) is 11.3 Å². The van der Waals surface area contributed by atoms with Crippen molar-refractivity contribution in [2.24, 2.45) is 0 Å². The van der Waals surface area contributed by atoms with Gasteiger partial charge in [0.25, 0.3) is 0 Å². The van der Waals surface area contributed by atoms with Crippen LogP contribution >= 0.6 is 0 Å². The van der Waals surface area contributed by atoms with Crippen LogP contribution in [-0.2, 0) is 0 Å². The summed E-state index contributed by atoms with van der Waals surface area (Å²) in [6, 6.07) is 29.0. The zero-order valence-corrected chi connectivity index (χ0v) is 15.1. The van der Waals surface area contributed by atoms with Crippen molar-refractivity contribution >= 4 is 11.3 Å². The minimum atomic E-state index is 0.843. The van der Waals surface area contributed by atoms with Crippen LogP contribution in [0.5, 0.6) is 5.75 Å². The lowest BCUT2D eigenvalue weighted by Crippen LogP contribution is -2.02. The lowest BCUT2D eigenvalue weighted by atomic mass is 9.93. The molecule has 0 saturated carbocycles. The molecule has 0 N–H and O–H groups in total. The normalized spacial score (nSPS) is 11.7. The molecule has 0 unspecified atom stereocenters. The number of nitrogens with zero attached hydrogens (tertiary/aromatic N) is 2. The predicted octanol–water partition coefficient (Wildman–Crippen LogP) is 5.36. The van der Waals surface area contributed by atoms with Crippen LogP contribution in [0.2, 0.25) is 0 Å². The second-order valence-electron chi connectivity index (χ2n) is 6.15. The van der Waals surface area contributed by atoms with Crippen LogP contribution in [0.4, 0.5) is 0 Å². The van der Waals surface area contributed by atoms with Gasteiger partial charge in [0, 0.05) is 18.0 Å². The molecule has 1 aromatic heterocycles. The summed E-state index contributed by atoms with van der Waals surface area (Å²) in [5.74, 6) is 0.843. The van der Waals surface area contributed by atoms with Gasteiger partial charge in [-0.3, -0.25) is 0 Å². The van der Waals surface area contributed by atoms with Gasteiger partial charge in [-0.25, -0.2) is 4.98 Å². The zero-order chi connectivity index (χ0) is 18.5. The highest BCUT2D eigenvalue weighted by Gasteiger charge is 2.15. The average Bonchev–Trinajstić information content (AvgIpc) is 3.28. The lowest BCUT2D eigenvalue weighted by Gasteiger charge is -2.18. The maximum atomic E-state index is 5.34. The first kappa shape index (κ1) is 16.9. The highest BCUT2D eigenvalue weighted by Crippen LogP contribution is 2.34. The van der Waals surface area contributed by atoms with Crippen molar-refractivity contribution in [1.29, 1.82) is 0 Å². The molecule has 0 amide bonds. The minimum absolute atomic E-state index is 0.843. The Bertz CT molecular complexity index is 1020. The summed E-state index contributed by atoms with van der Waals surface area (Å²) in [4.78, 5) is 4.27. The summed E-state index contributed by atoms with van der Waals surface area (Å²) < 4.78 is 7.41. The Morgan fingerprint density at radius 2 is 1.33 bits per heavy atom. The van der Waals surface area contributed by atoms with Crippen molar-refractivity contribution in [2.75, 3.05) is 7.11 Å². The molecular weight excluding hydrogens is 332 g/mol. The van der Waals surface area contributed by atoms with E-state index in [0.717, 1.165) is 33.7 Å². The fourth-order valence-corrected chi connectivity index (χ4v) is 3.21. The fourth-order valence-electron chi connectivity index (χ4n) is 3.21. The summed E-state index contributed by atoms with van der Waals surface area (Å²) in [5.41, 5.74) is 5.63. The molecule has 4 aromatic rings. The number of benzene rings is 3. The molecule has 1 heterocycles. The highest BCUT2D eigenvalue weighted by atomic mass is 16.5. The third kappa shape index (κ3) is 3.53. The Morgan fingerprint density at radius 1 is 0.741 bits per heavy atom. The SMILES string of the molecule is COc1ccc(/C(=C(\c2ccccc2)n2ccnc2)c2ccccc2)cc1. The Morgan fingerprint density at radius 3 is 1.89 bits per heavy atom. The van der Waals surface area contributed by atoms with E-state index in [-0.39, 0.29) is 0 Å². The van der Waals surface area contributed by atoms with E-state index in [2.05, 4.69) is 70.2 Å². The first-order chi connectivity index (χ1) is 13.4. The summed E-state index contributed by atoms with van der Waals surface area (Å²) in [6.07, 6.45) is 5.63. The molecule has 0 aliphatic heterocycles. The molecule has 3 nitrogen and oxygen atoms in total. The molecule has 27 heavy (non-hydrogen) atoms. The number of ether oxygens (including phenoxy) is 1. The van der Waals surface area contributed by atoms with Crippen molar-refractivity contribution in [1.82, 2.24) is 9.55 Å². The number of rotatable bonds is 5. The molecular formula is C24H20N2O. The number of imidazole rings is 1. The zero-order valence-electron chi connectivity index (χ0n) is 15.1. The Labute approximate surface area is 159 Å². The summed E-state index contributed by atoms with van der Waals surface area (Å²) in [5, 5.41) is 0. The van der Waals surface area contributed by atoms with E-state index >= 15 is 0 Å². The summed E-state index contributed by atoms with van der Waals surface area (Å²) in [6.45, 7) is 0. The summed E-state index contributed by atoms with van der Waals surface area (Å²) >= 11 is 0. The van der Waals surface area contributed by atoms with E-state index in [1.165, 1.54) is 0 Å². The van der Waals surface area contributed by atoms with E-state index in [0.29, 0.717) is 0 Å². The Hall–Kier alpha value is -3.59. The molecule has 3 aromatic carbocycles. The van der Waals surface area contributed by atoms with Crippen LogP contribution < -0.4 is 4.74 Å². The number of aromatic nitrogens is 2. The molecule has 0 spiro atoms. The van der Waals surface area contributed by atoms with Gasteiger partial charge in [0.15, 0.2) is 0 Å². The van der Waals surface area contributed by atoms with Crippen molar-refractivity contribution < 1.29 is 4.74 Å². The first-order valence-corrected chi connectivity index (χ1v) is 8.84. The third-order valence-electron chi connectivity index (χ3n) is 4.49. The van der Waals surface area contributed by atoms with Crippen molar-refractivity contribution in [3.8, 4) is 5.75 Å². The smallest absolute Gasteiger partial charge is 0.118 e. The van der Waals surface area contributed by atoms with E-state index in [9.17, 15) is 0 Å². The maximum absolute atomic E-state index is 5.34. The van der Waals surface area contributed by atoms with Crippen molar-refractivity contribution in [3.05, 3.63) is 120 Å². The van der Waals surface area contributed by atoms with Gasteiger partial charge in [-0.15, -0.1) is 0 Å². The minimum Gasteiger partial charge on any atom is -0.497 e. The van der Waals surface area contributed by atoms with E-state index < -0.39 is 0 Å². The standard InChI is InChI=1S/C24H20N2O/c1-27-22-14-12-20(13-15-22)23(19-8-4-2-5-9-19)24(26-17-16-25-18-26)21-10-6-3-7-11-21/h2-18H,1H3/b24-23+. The van der Waals surface area contributed by atoms with Crippen LogP contribution in [0, 0.1) is 0 Å². The highest BCUT2D eigenvalue weighted by molar-refractivity contribution is 5.98. The molecule has 0 radical (unpaired) electrons.